The first-order valence-corrected chi connectivity index (χ1v) is 4.91. The summed E-state index contributed by atoms with van der Waals surface area (Å²) in [5, 5.41) is 5.12. The minimum Gasteiger partial charge on any atom is -0.377 e. The number of nitrogens with two attached hydrogens (primary N) is 1. The lowest BCUT2D eigenvalue weighted by atomic mass is 10.1. The van der Waals surface area contributed by atoms with Crippen LogP contribution in [0.1, 0.15) is 19.3 Å². The average Bonchev–Trinajstić information content (AvgIpc) is 1.88. The highest BCUT2D eigenvalue weighted by atomic mass is 32.2. The highest BCUT2D eigenvalue weighted by molar-refractivity contribution is 7.82. The second-order valence-electron chi connectivity index (χ2n) is 2.54. The molecule has 0 aliphatic carbocycles. The molecule has 0 aromatic carbocycles. The highest BCUT2D eigenvalue weighted by Gasteiger charge is 2.14. The van der Waals surface area contributed by atoms with Crippen molar-refractivity contribution in [3.63, 3.8) is 0 Å². The van der Waals surface area contributed by atoms with Crippen LogP contribution >= 0.6 is 0 Å². The van der Waals surface area contributed by atoms with E-state index in [1.165, 1.54) is 6.42 Å². The highest BCUT2D eigenvalue weighted by Crippen LogP contribution is 2.12. The predicted octanol–water partition coefficient (Wildman–Crippen LogP) is 0.178. The van der Waals surface area contributed by atoms with E-state index in [0.29, 0.717) is 5.75 Å². The normalized spacial score (nSPS) is 29.9. The molecule has 10 heavy (non-hydrogen) atoms. The molecule has 60 valence electrons. The van der Waals surface area contributed by atoms with Crippen LogP contribution in [0.5, 0.6) is 0 Å². The van der Waals surface area contributed by atoms with E-state index < -0.39 is 11.0 Å². The summed E-state index contributed by atoms with van der Waals surface area (Å²) in [5.74, 6) is 0.500. The molecule has 1 saturated heterocycles. The first kappa shape index (κ1) is 8.17. The molecule has 0 spiro atoms. The van der Waals surface area contributed by atoms with Gasteiger partial charge in [-0.2, -0.15) is 0 Å². The first-order chi connectivity index (χ1) is 4.79. The molecule has 1 rings (SSSR count). The van der Waals surface area contributed by atoms with Crippen molar-refractivity contribution < 1.29 is 8.95 Å². The molecule has 0 bridgehead atoms. The number of rotatable bonds is 2. The van der Waals surface area contributed by atoms with E-state index in [-0.39, 0.29) is 6.10 Å². The molecule has 1 aliphatic heterocycles. The molecule has 0 amide bonds. The molecule has 4 heteroatoms. The van der Waals surface area contributed by atoms with E-state index in [0.717, 1.165) is 19.4 Å². The third kappa shape index (κ3) is 2.77. The van der Waals surface area contributed by atoms with Crippen molar-refractivity contribution >= 4 is 11.0 Å². The van der Waals surface area contributed by atoms with E-state index in [1.807, 2.05) is 0 Å². The van der Waals surface area contributed by atoms with E-state index in [4.69, 9.17) is 9.88 Å². The lowest BCUT2D eigenvalue weighted by Gasteiger charge is -2.20. The minimum absolute atomic E-state index is 0.152. The molecule has 1 aliphatic rings. The van der Waals surface area contributed by atoms with Crippen LogP contribution in [0.4, 0.5) is 0 Å². The topological polar surface area (TPSA) is 52.3 Å². The molecule has 2 unspecified atom stereocenters. The van der Waals surface area contributed by atoms with Gasteiger partial charge >= 0.3 is 0 Å². The summed E-state index contributed by atoms with van der Waals surface area (Å²) in [4.78, 5) is 0. The molecule has 2 N–H and O–H groups in total. The van der Waals surface area contributed by atoms with E-state index in [9.17, 15) is 4.21 Å². The van der Waals surface area contributed by atoms with Crippen LogP contribution in [-0.2, 0) is 15.7 Å². The maximum atomic E-state index is 10.5. The summed E-state index contributed by atoms with van der Waals surface area (Å²) in [5.41, 5.74) is 0. The van der Waals surface area contributed by atoms with Crippen molar-refractivity contribution in [1.29, 1.82) is 0 Å². The van der Waals surface area contributed by atoms with Gasteiger partial charge < -0.3 is 4.74 Å². The Bertz CT molecular complexity index is 123. The van der Waals surface area contributed by atoms with Gasteiger partial charge in [0.1, 0.15) is 0 Å². The van der Waals surface area contributed by atoms with Crippen molar-refractivity contribution in [2.75, 3.05) is 12.4 Å². The van der Waals surface area contributed by atoms with Crippen molar-refractivity contribution in [3.05, 3.63) is 0 Å². The Labute approximate surface area is 63.5 Å². The molecule has 0 saturated carbocycles. The Hall–Kier alpha value is 0.0700. The summed E-state index contributed by atoms with van der Waals surface area (Å²) < 4.78 is 15.8. The molecular weight excluding hydrogens is 150 g/mol. The summed E-state index contributed by atoms with van der Waals surface area (Å²) >= 11 is 0. The SMILES string of the molecule is NS(=O)CC1CCCCO1. The van der Waals surface area contributed by atoms with Gasteiger partial charge in [0.15, 0.2) is 0 Å². The van der Waals surface area contributed by atoms with Crippen LogP contribution in [0.25, 0.3) is 0 Å². The van der Waals surface area contributed by atoms with Crippen LogP contribution in [0.15, 0.2) is 0 Å². The fraction of sp³-hybridized carbons (Fsp3) is 1.00. The van der Waals surface area contributed by atoms with Crippen LogP contribution in [-0.4, -0.2) is 22.7 Å². The Morgan fingerprint density at radius 2 is 2.40 bits per heavy atom. The zero-order chi connectivity index (χ0) is 7.40. The van der Waals surface area contributed by atoms with Gasteiger partial charge in [-0.1, -0.05) is 0 Å². The van der Waals surface area contributed by atoms with E-state index >= 15 is 0 Å². The predicted molar refractivity (Wildman–Crippen MR) is 40.8 cm³/mol. The van der Waals surface area contributed by atoms with Gasteiger partial charge in [0.25, 0.3) is 0 Å². The van der Waals surface area contributed by atoms with Gasteiger partial charge in [-0.15, -0.1) is 0 Å². The smallest absolute Gasteiger partial charge is 0.0914 e. The van der Waals surface area contributed by atoms with Crippen LogP contribution in [0.2, 0.25) is 0 Å². The zero-order valence-electron chi connectivity index (χ0n) is 5.91. The largest absolute Gasteiger partial charge is 0.377 e. The number of ether oxygens (including phenoxy) is 1. The fourth-order valence-corrected chi connectivity index (χ4v) is 1.75. The third-order valence-electron chi connectivity index (χ3n) is 1.62. The molecule has 2 atom stereocenters. The Morgan fingerprint density at radius 1 is 1.60 bits per heavy atom. The monoisotopic (exact) mass is 163 g/mol. The van der Waals surface area contributed by atoms with Gasteiger partial charge in [0, 0.05) is 6.61 Å². The third-order valence-corrected chi connectivity index (χ3v) is 2.32. The van der Waals surface area contributed by atoms with Gasteiger partial charge in [-0.3, -0.25) is 5.14 Å². The molecule has 1 fully saturated rings. The zero-order valence-corrected chi connectivity index (χ0v) is 6.73. The maximum absolute atomic E-state index is 10.5. The summed E-state index contributed by atoms with van der Waals surface area (Å²) in [6.07, 6.45) is 3.48. The quantitative estimate of drug-likeness (QED) is 0.631. The number of hydrogen-bond acceptors (Lipinski definition) is 2. The Kier molecular flexibility index (Phi) is 3.31. The molecule has 0 aromatic heterocycles. The second-order valence-corrected chi connectivity index (χ2v) is 3.63. The van der Waals surface area contributed by atoms with Gasteiger partial charge in [0.2, 0.25) is 0 Å². The second kappa shape index (κ2) is 4.05. The molecule has 0 radical (unpaired) electrons. The average molecular weight is 163 g/mol. The molecule has 1 heterocycles. The molecular formula is C6H13NO2S. The van der Waals surface area contributed by atoms with Crippen LogP contribution < -0.4 is 5.14 Å². The van der Waals surface area contributed by atoms with Gasteiger partial charge in [0.05, 0.1) is 22.8 Å². The Balaban J connectivity index is 2.19. The lowest BCUT2D eigenvalue weighted by molar-refractivity contribution is 0.0310. The number of hydrogen-bond donors (Lipinski definition) is 1. The lowest BCUT2D eigenvalue weighted by Crippen LogP contribution is -2.27. The summed E-state index contributed by atoms with van der Waals surface area (Å²) in [6, 6.07) is 0. The fourth-order valence-electron chi connectivity index (χ4n) is 1.12. The molecule has 0 aromatic rings. The summed E-state index contributed by atoms with van der Waals surface area (Å²) in [7, 11) is -1.19. The van der Waals surface area contributed by atoms with Gasteiger partial charge in [-0.05, 0) is 19.3 Å². The van der Waals surface area contributed by atoms with Crippen molar-refractivity contribution in [2.45, 2.75) is 25.4 Å². The molecule has 3 nitrogen and oxygen atoms in total. The van der Waals surface area contributed by atoms with Crippen molar-refractivity contribution in [3.8, 4) is 0 Å². The van der Waals surface area contributed by atoms with Crippen molar-refractivity contribution in [2.24, 2.45) is 5.14 Å². The summed E-state index contributed by atoms with van der Waals surface area (Å²) in [6.45, 7) is 0.807. The van der Waals surface area contributed by atoms with Crippen LogP contribution in [0, 0.1) is 0 Å². The van der Waals surface area contributed by atoms with E-state index in [1.54, 1.807) is 0 Å². The standard InChI is InChI=1S/C6H13NO2S/c7-10(8)5-6-3-1-2-4-9-6/h6H,1-5,7H2. The Morgan fingerprint density at radius 3 is 2.90 bits per heavy atom. The first-order valence-electron chi connectivity index (χ1n) is 3.53. The maximum Gasteiger partial charge on any atom is 0.0914 e. The van der Waals surface area contributed by atoms with Crippen molar-refractivity contribution in [1.82, 2.24) is 0 Å². The van der Waals surface area contributed by atoms with E-state index in [2.05, 4.69) is 0 Å². The van der Waals surface area contributed by atoms with Gasteiger partial charge in [-0.25, -0.2) is 4.21 Å². The minimum atomic E-state index is -1.19. The van der Waals surface area contributed by atoms with Crippen LogP contribution in [0.3, 0.4) is 0 Å².